The fourth-order valence-electron chi connectivity index (χ4n) is 3.47. The van der Waals surface area contributed by atoms with Crippen molar-refractivity contribution >= 4 is 11.9 Å². The van der Waals surface area contributed by atoms with E-state index in [9.17, 15) is 14.0 Å². The Morgan fingerprint density at radius 2 is 1.93 bits per heavy atom. The summed E-state index contributed by atoms with van der Waals surface area (Å²) in [5, 5.41) is 2.72. The van der Waals surface area contributed by atoms with Gasteiger partial charge in [0.25, 0.3) is 5.91 Å². The van der Waals surface area contributed by atoms with E-state index in [-0.39, 0.29) is 36.3 Å². The summed E-state index contributed by atoms with van der Waals surface area (Å²) < 4.78 is 24.6. The Bertz CT molecular complexity index is 844. The molecule has 140 valence electrons. The number of halogens is 1. The highest BCUT2D eigenvalue weighted by atomic mass is 19.1. The van der Waals surface area contributed by atoms with E-state index in [2.05, 4.69) is 5.32 Å². The van der Waals surface area contributed by atoms with Crippen LogP contribution in [0.4, 0.5) is 4.39 Å². The number of hydrogen-bond donors (Lipinski definition) is 1. The van der Waals surface area contributed by atoms with E-state index in [4.69, 9.17) is 9.47 Å². The molecule has 0 saturated heterocycles. The summed E-state index contributed by atoms with van der Waals surface area (Å²) in [6, 6.07) is 14.2. The van der Waals surface area contributed by atoms with E-state index in [0.717, 1.165) is 17.7 Å². The van der Waals surface area contributed by atoms with Gasteiger partial charge in [-0.3, -0.25) is 9.59 Å². The van der Waals surface area contributed by atoms with Gasteiger partial charge in [0.1, 0.15) is 17.7 Å². The number of rotatable bonds is 6. The summed E-state index contributed by atoms with van der Waals surface area (Å²) in [6.45, 7) is 0.0192. The van der Waals surface area contributed by atoms with Crippen LogP contribution in [0.15, 0.2) is 48.5 Å². The van der Waals surface area contributed by atoms with Gasteiger partial charge in [0.2, 0.25) is 0 Å². The highest BCUT2D eigenvalue weighted by Crippen LogP contribution is 2.48. The van der Waals surface area contributed by atoms with Gasteiger partial charge in [-0.25, -0.2) is 4.39 Å². The van der Waals surface area contributed by atoms with Crippen LogP contribution in [0.25, 0.3) is 0 Å². The molecule has 3 atom stereocenters. The Morgan fingerprint density at radius 1 is 1.15 bits per heavy atom. The Labute approximate surface area is 156 Å². The number of hydrogen-bond acceptors (Lipinski definition) is 4. The smallest absolute Gasteiger partial charge is 0.310 e. The van der Waals surface area contributed by atoms with Gasteiger partial charge >= 0.3 is 5.97 Å². The Morgan fingerprint density at radius 3 is 2.74 bits per heavy atom. The largest absolute Gasteiger partial charge is 0.488 e. The normalized spacial score (nSPS) is 22.5. The van der Waals surface area contributed by atoms with Crippen LogP contribution < -0.4 is 10.1 Å². The van der Waals surface area contributed by atoms with Crippen molar-refractivity contribution in [2.75, 3.05) is 13.2 Å². The van der Waals surface area contributed by atoms with Gasteiger partial charge in [0.15, 0.2) is 6.61 Å². The van der Waals surface area contributed by atoms with Gasteiger partial charge in [-0.1, -0.05) is 36.4 Å². The zero-order chi connectivity index (χ0) is 18.8. The average molecular weight is 369 g/mol. The maximum Gasteiger partial charge on any atom is 0.310 e. The average Bonchev–Trinajstić information content (AvgIpc) is 3.36. The second kappa shape index (κ2) is 7.39. The number of benzene rings is 2. The van der Waals surface area contributed by atoms with Crippen molar-refractivity contribution in [3.8, 4) is 5.75 Å². The predicted octanol–water partition coefficient (Wildman–Crippen LogP) is 2.59. The SMILES string of the molecule is O=C(COC(=O)[C@@H]1C[C@H]1c1ccccc1F)NC[C@H]1Cc2ccccc2O1. The number of nitrogens with one attached hydrogen (secondary N) is 1. The lowest BCUT2D eigenvalue weighted by molar-refractivity contribution is -0.150. The number of para-hydroxylation sites is 1. The number of carbonyl (C=O) groups is 2. The second-order valence-electron chi connectivity index (χ2n) is 6.93. The number of esters is 1. The minimum atomic E-state index is -0.456. The summed E-state index contributed by atoms with van der Waals surface area (Å²) in [4.78, 5) is 24.0. The molecule has 2 aliphatic rings. The molecule has 1 N–H and O–H groups in total. The van der Waals surface area contributed by atoms with Crippen LogP contribution in [0.2, 0.25) is 0 Å². The van der Waals surface area contributed by atoms with Crippen molar-refractivity contribution < 1.29 is 23.5 Å². The number of amides is 1. The van der Waals surface area contributed by atoms with E-state index in [1.165, 1.54) is 6.07 Å². The number of fused-ring (bicyclic) bond motifs is 1. The molecule has 1 fully saturated rings. The van der Waals surface area contributed by atoms with Gasteiger partial charge in [0, 0.05) is 12.3 Å². The van der Waals surface area contributed by atoms with Crippen LogP contribution in [0.3, 0.4) is 0 Å². The quantitative estimate of drug-likeness (QED) is 0.795. The molecule has 1 aliphatic carbocycles. The summed E-state index contributed by atoms with van der Waals surface area (Å²) >= 11 is 0. The van der Waals surface area contributed by atoms with Crippen LogP contribution in [-0.4, -0.2) is 31.1 Å². The van der Waals surface area contributed by atoms with Crippen LogP contribution in [0.5, 0.6) is 5.75 Å². The number of ether oxygens (including phenoxy) is 2. The monoisotopic (exact) mass is 369 g/mol. The van der Waals surface area contributed by atoms with E-state index in [0.29, 0.717) is 18.5 Å². The van der Waals surface area contributed by atoms with E-state index in [1.807, 2.05) is 24.3 Å². The predicted molar refractivity (Wildman–Crippen MR) is 95.8 cm³/mol. The summed E-state index contributed by atoms with van der Waals surface area (Å²) in [6.07, 6.45) is 1.17. The fraction of sp³-hybridized carbons (Fsp3) is 0.333. The molecule has 0 unspecified atom stereocenters. The maximum absolute atomic E-state index is 13.7. The molecular weight excluding hydrogens is 349 g/mol. The third kappa shape index (κ3) is 3.94. The Hall–Kier alpha value is -2.89. The van der Waals surface area contributed by atoms with E-state index in [1.54, 1.807) is 18.2 Å². The third-order valence-corrected chi connectivity index (χ3v) is 4.98. The lowest BCUT2D eigenvalue weighted by Crippen LogP contribution is -2.37. The topological polar surface area (TPSA) is 64.6 Å². The molecule has 1 aliphatic heterocycles. The first kappa shape index (κ1) is 17.5. The second-order valence-corrected chi connectivity index (χ2v) is 6.93. The van der Waals surface area contributed by atoms with Gasteiger partial charge in [-0.05, 0) is 29.7 Å². The zero-order valence-electron chi connectivity index (χ0n) is 14.7. The van der Waals surface area contributed by atoms with Crippen molar-refractivity contribution in [3.63, 3.8) is 0 Å². The van der Waals surface area contributed by atoms with Crippen LogP contribution in [0, 0.1) is 11.7 Å². The summed E-state index contributed by atoms with van der Waals surface area (Å²) in [5.74, 6) is -0.826. The molecule has 0 spiro atoms. The van der Waals surface area contributed by atoms with Crippen molar-refractivity contribution in [1.82, 2.24) is 5.32 Å². The molecule has 2 aromatic carbocycles. The molecule has 0 bridgehead atoms. The van der Waals surface area contributed by atoms with Crippen LogP contribution in [-0.2, 0) is 20.7 Å². The molecule has 1 heterocycles. The molecule has 6 heteroatoms. The standard InChI is InChI=1S/C21H20FNO4/c22-18-7-3-2-6-15(18)16-10-17(16)21(25)26-12-20(24)23-11-14-9-13-5-1-4-8-19(13)27-14/h1-8,14,16-17H,9-12H2,(H,23,24)/t14-,16+,17-/m1/s1. The molecule has 5 nitrogen and oxygen atoms in total. The highest BCUT2D eigenvalue weighted by molar-refractivity contribution is 5.83. The number of carbonyl (C=O) groups excluding carboxylic acids is 2. The van der Waals surface area contributed by atoms with Gasteiger partial charge in [0.05, 0.1) is 12.5 Å². The molecule has 0 aromatic heterocycles. The lowest BCUT2D eigenvalue weighted by atomic mass is 10.1. The Balaban J connectivity index is 1.18. The summed E-state index contributed by atoms with van der Waals surface area (Å²) in [5.41, 5.74) is 1.65. The molecule has 1 saturated carbocycles. The molecular formula is C21H20FNO4. The minimum Gasteiger partial charge on any atom is -0.488 e. The molecule has 4 rings (SSSR count). The molecule has 1 amide bonds. The van der Waals surface area contributed by atoms with Gasteiger partial charge < -0.3 is 14.8 Å². The van der Waals surface area contributed by atoms with Crippen molar-refractivity contribution in [1.29, 1.82) is 0 Å². The first-order valence-electron chi connectivity index (χ1n) is 9.04. The molecule has 27 heavy (non-hydrogen) atoms. The first-order valence-corrected chi connectivity index (χ1v) is 9.04. The van der Waals surface area contributed by atoms with Crippen molar-refractivity contribution in [2.24, 2.45) is 5.92 Å². The highest BCUT2D eigenvalue weighted by Gasteiger charge is 2.46. The van der Waals surface area contributed by atoms with Gasteiger partial charge in [-0.15, -0.1) is 0 Å². The van der Waals surface area contributed by atoms with Crippen LogP contribution >= 0.6 is 0 Å². The maximum atomic E-state index is 13.7. The fourth-order valence-corrected chi connectivity index (χ4v) is 3.47. The zero-order valence-corrected chi connectivity index (χ0v) is 14.7. The van der Waals surface area contributed by atoms with E-state index >= 15 is 0 Å². The molecule has 0 radical (unpaired) electrons. The van der Waals surface area contributed by atoms with Crippen molar-refractivity contribution in [2.45, 2.75) is 24.9 Å². The van der Waals surface area contributed by atoms with Crippen molar-refractivity contribution in [3.05, 3.63) is 65.5 Å². The molecule has 2 aromatic rings. The Kier molecular flexibility index (Phi) is 4.79. The first-order chi connectivity index (χ1) is 13.1. The van der Waals surface area contributed by atoms with Gasteiger partial charge in [-0.2, -0.15) is 0 Å². The van der Waals surface area contributed by atoms with E-state index < -0.39 is 5.97 Å². The lowest BCUT2D eigenvalue weighted by Gasteiger charge is -2.12. The van der Waals surface area contributed by atoms with Crippen LogP contribution in [0.1, 0.15) is 23.5 Å². The summed E-state index contributed by atoms with van der Waals surface area (Å²) in [7, 11) is 0. The third-order valence-electron chi connectivity index (χ3n) is 4.98. The minimum absolute atomic E-state index is 0.115.